The average molecular weight is 627 g/mol. The van der Waals surface area contributed by atoms with Gasteiger partial charge >= 0.3 is 11.7 Å². The maximum Gasteiger partial charge on any atom is 0.335 e. The van der Waals surface area contributed by atoms with Gasteiger partial charge in [0.15, 0.2) is 16.7 Å². The Bertz CT molecular complexity index is 1880. The summed E-state index contributed by atoms with van der Waals surface area (Å²) < 4.78 is 11.2. The molecule has 1 aliphatic rings. The van der Waals surface area contributed by atoms with Crippen LogP contribution in [0, 0.1) is 20.2 Å². The van der Waals surface area contributed by atoms with E-state index in [4.69, 9.17) is 9.47 Å². The monoisotopic (exact) mass is 626 g/mol. The SMILES string of the molecule is COc1cc(/C=C2/SC(=Nc3ccccc3)N(Cc3ccc(C(=O)O)cc3)C2=O)ccc1Oc1ccc([N+](=O)[O-])cc1[N+](=O)[O-]. The van der Waals surface area contributed by atoms with Gasteiger partial charge in [0.2, 0.25) is 5.75 Å². The molecule has 0 bridgehead atoms. The first kappa shape index (κ1) is 30.4. The lowest BCUT2D eigenvalue weighted by molar-refractivity contribution is -0.394. The van der Waals surface area contributed by atoms with E-state index in [0.717, 1.165) is 30.0 Å². The maximum absolute atomic E-state index is 13.6. The number of ether oxygens (including phenoxy) is 2. The summed E-state index contributed by atoms with van der Waals surface area (Å²) in [6.45, 7) is 0.152. The number of thioether (sulfide) groups is 1. The Kier molecular flexibility index (Phi) is 8.86. The van der Waals surface area contributed by atoms with Gasteiger partial charge in [0, 0.05) is 6.07 Å². The van der Waals surface area contributed by atoms with Gasteiger partial charge in [-0.3, -0.25) is 29.9 Å². The highest BCUT2D eigenvalue weighted by atomic mass is 32.2. The first-order chi connectivity index (χ1) is 21.6. The number of para-hydroxylation sites is 1. The molecule has 1 fully saturated rings. The number of benzene rings is 4. The molecule has 0 saturated carbocycles. The van der Waals surface area contributed by atoms with Crippen LogP contribution in [0.5, 0.6) is 17.2 Å². The van der Waals surface area contributed by atoms with Crippen LogP contribution in [0.2, 0.25) is 0 Å². The van der Waals surface area contributed by atoms with Crippen LogP contribution >= 0.6 is 11.8 Å². The van der Waals surface area contributed by atoms with E-state index in [1.807, 2.05) is 18.2 Å². The second-order valence-electron chi connectivity index (χ2n) is 9.41. The lowest BCUT2D eigenvalue weighted by Gasteiger charge is -2.16. The van der Waals surface area contributed by atoms with Gasteiger partial charge in [-0.1, -0.05) is 36.4 Å². The number of amides is 1. The third kappa shape index (κ3) is 6.97. The lowest BCUT2D eigenvalue weighted by atomic mass is 10.1. The van der Waals surface area contributed by atoms with Crippen molar-refractivity contribution in [2.45, 2.75) is 6.54 Å². The number of rotatable bonds is 10. The molecule has 45 heavy (non-hydrogen) atoms. The average Bonchev–Trinajstić information content (AvgIpc) is 3.31. The number of nitro groups is 2. The van der Waals surface area contributed by atoms with Gasteiger partial charge in [-0.2, -0.15) is 0 Å². The molecule has 1 N–H and O–H groups in total. The lowest BCUT2D eigenvalue weighted by Crippen LogP contribution is -2.28. The minimum absolute atomic E-state index is 0.111. The molecule has 1 aliphatic heterocycles. The first-order valence-electron chi connectivity index (χ1n) is 13.1. The van der Waals surface area contributed by atoms with Crippen LogP contribution in [0.1, 0.15) is 21.5 Å². The molecule has 0 aliphatic carbocycles. The number of methoxy groups -OCH3 is 1. The highest BCUT2D eigenvalue weighted by Gasteiger charge is 2.33. The summed E-state index contributed by atoms with van der Waals surface area (Å²) in [5.74, 6) is -1.28. The van der Waals surface area contributed by atoms with Crippen LogP contribution in [0.15, 0.2) is 101 Å². The number of aliphatic imine (C=N–C) groups is 1. The summed E-state index contributed by atoms with van der Waals surface area (Å²) in [6, 6.07) is 23.1. The number of aromatic carboxylic acids is 1. The summed E-state index contributed by atoms with van der Waals surface area (Å²) in [5.41, 5.74) is 0.990. The van der Waals surface area contributed by atoms with Crippen molar-refractivity contribution in [2.24, 2.45) is 4.99 Å². The summed E-state index contributed by atoms with van der Waals surface area (Å²) in [7, 11) is 1.38. The Balaban J connectivity index is 1.45. The Morgan fingerprint density at radius 3 is 2.29 bits per heavy atom. The van der Waals surface area contributed by atoms with Crippen LogP contribution in [0.3, 0.4) is 0 Å². The van der Waals surface area contributed by atoms with Crippen molar-refractivity contribution in [3.8, 4) is 17.2 Å². The molecule has 0 spiro atoms. The van der Waals surface area contributed by atoms with Gasteiger partial charge in [-0.05, 0) is 71.4 Å². The molecule has 14 heteroatoms. The molecule has 4 aromatic carbocycles. The molecule has 1 heterocycles. The normalized spacial score (nSPS) is 14.5. The molecule has 0 radical (unpaired) electrons. The van der Waals surface area contributed by atoms with Crippen LogP contribution in [0.25, 0.3) is 6.08 Å². The molecule has 4 aromatic rings. The Hall–Kier alpha value is -6.02. The van der Waals surface area contributed by atoms with E-state index in [-0.39, 0.29) is 35.3 Å². The number of hydrogen-bond acceptors (Lipinski definition) is 10. The predicted octanol–water partition coefficient (Wildman–Crippen LogP) is 6.81. The molecule has 13 nitrogen and oxygen atoms in total. The number of carbonyl (C=O) groups is 2. The molecule has 1 amide bonds. The van der Waals surface area contributed by atoms with Crippen LogP contribution in [-0.4, -0.2) is 44.0 Å². The van der Waals surface area contributed by atoms with Crippen LogP contribution in [-0.2, 0) is 11.3 Å². The third-order valence-corrected chi connectivity index (χ3v) is 7.47. The molecule has 1 saturated heterocycles. The number of nitrogens with zero attached hydrogens (tertiary/aromatic N) is 4. The Morgan fingerprint density at radius 2 is 1.64 bits per heavy atom. The van der Waals surface area contributed by atoms with E-state index >= 15 is 0 Å². The second-order valence-corrected chi connectivity index (χ2v) is 10.4. The van der Waals surface area contributed by atoms with Crippen molar-refractivity contribution in [1.82, 2.24) is 4.90 Å². The Labute approximate surface area is 259 Å². The highest BCUT2D eigenvalue weighted by Crippen LogP contribution is 2.40. The quantitative estimate of drug-likeness (QED) is 0.112. The number of nitro benzene ring substituents is 2. The van der Waals surface area contributed by atoms with E-state index in [9.17, 15) is 34.9 Å². The zero-order valence-electron chi connectivity index (χ0n) is 23.4. The maximum atomic E-state index is 13.6. The highest BCUT2D eigenvalue weighted by molar-refractivity contribution is 8.18. The number of carbonyl (C=O) groups excluding carboxylic acids is 1. The number of carboxylic acids is 1. The van der Waals surface area contributed by atoms with E-state index in [1.165, 1.54) is 30.2 Å². The zero-order valence-corrected chi connectivity index (χ0v) is 24.2. The van der Waals surface area contributed by atoms with Gasteiger partial charge in [0.1, 0.15) is 0 Å². The number of carboxylic acid groups (broad SMARTS) is 1. The summed E-state index contributed by atoms with van der Waals surface area (Å²) in [5, 5.41) is 32.2. The topological polar surface area (TPSA) is 175 Å². The van der Waals surface area contributed by atoms with Crippen molar-refractivity contribution in [1.29, 1.82) is 0 Å². The minimum Gasteiger partial charge on any atom is -0.493 e. The van der Waals surface area contributed by atoms with Crippen molar-refractivity contribution in [3.63, 3.8) is 0 Å². The largest absolute Gasteiger partial charge is 0.493 e. The summed E-state index contributed by atoms with van der Waals surface area (Å²) in [4.78, 5) is 52.5. The van der Waals surface area contributed by atoms with Gasteiger partial charge in [-0.25, -0.2) is 9.79 Å². The number of hydrogen-bond donors (Lipinski definition) is 1. The van der Waals surface area contributed by atoms with E-state index in [2.05, 4.69) is 4.99 Å². The fraction of sp³-hybridized carbons (Fsp3) is 0.0645. The number of non-ortho nitro benzene ring substituents is 1. The molecule has 226 valence electrons. The first-order valence-corrected chi connectivity index (χ1v) is 13.9. The third-order valence-electron chi connectivity index (χ3n) is 6.47. The van der Waals surface area contributed by atoms with E-state index < -0.39 is 27.2 Å². The predicted molar refractivity (Wildman–Crippen MR) is 166 cm³/mol. The second kappa shape index (κ2) is 13.1. The van der Waals surface area contributed by atoms with E-state index in [0.29, 0.717) is 26.9 Å². The van der Waals surface area contributed by atoms with E-state index in [1.54, 1.807) is 42.5 Å². The minimum atomic E-state index is -1.05. The van der Waals surface area contributed by atoms with Crippen LogP contribution in [0.4, 0.5) is 17.1 Å². The summed E-state index contributed by atoms with van der Waals surface area (Å²) >= 11 is 1.16. The van der Waals surface area contributed by atoms with Crippen LogP contribution < -0.4 is 9.47 Å². The molecule has 0 aromatic heterocycles. The standard InChI is InChI=1S/C31H22N4O9S/c1-43-27-15-20(9-13-26(27)44-25-14-12-23(34(39)40)17-24(25)35(41)42)16-28-29(36)33(18-19-7-10-21(11-8-19)30(37)38)31(45-28)32-22-5-3-2-4-6-22/h2-17H,18H2,1H3,(H,37,38)/b28-16+,32-31?. The molecule has 0 atom stereocenters. The van der Waals surface area contributed by atoms with Gasteiger partial charge < -0.3 is 14.6 Å². The fourth-order valence-corrected chi connectivity index (χ4v) is 5.25. The number of amidine groups is 1. The smallest absolute Gasteiger partial charge is 0.335 e. The Morgan fingerprint density at radius 1 is 0.933 bits per heavy atom. The van der Waals surface area contributed by atoms with Crippen molar-refractivity contribution in [2.75, 3.05) is 7.11 Å². The van der Waals surface area contributed by atoms with Crippen molar-refractivity contribution < 1.29 is 34.0 Å². The molecular weight excluding hydrogens is 604 g/mol. The van der Waals surface area contributed by atoms with Gasteiger partial charge in [-0.15, -0.1) is 0 Å². The molecule has 0 unspecified atom stereocenters. The fourth-order valence-electron chi connectivity index (χ4n) is 4.26. The van der Waals surface area contributed by atoms with Crippen molar-refractivity contribution >= 4 is 51.9 Å². The molecule has 5 rings (SSSR count). The van der Waals surface area contributed by atoms with Gasteiger partial charge in [0.25, 0.3) is 11.6 Å². The van der Waals surface area contributed by atoms with Crippen molar-refractivity contribution in [3.05, 3.63) is 133 Å². The van der Waals surface area contributed by atoms with Gasteiger partial charge in [0.05, 0.1) is 45.7 Å². The summed E-state index contributed by atoms with van der Waals surface area (Å²) in [6.07, 6.45) is 1.64. The molecular formula is C31H22N4O9S. The zero-order chi connectivity index (χ0) is 32.1.